The summed E-state index contributed by atoms with van der Waals surface area (Å²) in [4.78, 5) is 26.5. The predicted octanol–water partition coefficient (Wildman–Crippen LogP) is 5.70. The SMILES string of the molecule is CCCCCCc1ccc(N2C(=O)C[C@@H]2CCCc2ccc(C(=O)O)s2)cc1. The molecule has 3 rings (SSSR count). The molecule has 1 aliphatic rings. The minimum atomic E-state index is -0.860. The Morgan fingerprint density at radius 1 is 1.07 bits per heavy atom. The van der Waals surface area contributed by atoms with Crippen LogP contribution in [-0.4, -0.2) is 23.0 Å². The molecule has 1 fully saturated rings. The molecule has 1 aromatic heterocycles. The van der Waals surface area contributed by atoms with Crippen LogP contribution in [0.4, 0.5) is 5.69 Å². The van der Waals surface area contributed by atoms with E-state index in [4.69, 9.17) is 5.11 Å². The van der Waals surface area contributed by atoms with Gasteiger partial charge in [-0.1, -0.05) is 38.3 Å². The van der Waals surface area contributed by atoms with E-state index in [9.17, 15) is 9.59 Å². The average molecular weight is 400 g/mol. The van der Waals surface area contributed by atoms with Gasteiger partial charge in [-0.05, 0) is 61.9 Å². The Hall–Kier alpha value is -2.14. The standard InChI is InChI=1S/C23H29NO3S/c1-2-3-4-5-7-17-10-12-18(13-11-17)24-19(16-22(24)25)8-6-9-20-14-15-21(28-20)23(26)27/h10-15,19H,2-9,16H2,1H3,(H,26,27)/t19-/m0/s1. The topological polar surface area (TPSA) is 57.6 Å². The highest BCUT2D eigenvalue weighted by Gasteiger charge is 2.36. The van der Waals surface area contributed by atoms with Gasteiger partial charge in [-0.25, -0.2) is 4.79 Å². The molecule has 1 atom stereocenters. The van der Waals surface area contributed by atoms with Crippen molar-refractivity contribution in [2.45, 2.75) is 70.8 Å². The molecular formula is C23H29NO3S. The van der Waals surface area contributed by atoms with Crippen LogP contribution >= 0.6 is 11.3 Å². The average Bonchev–Trinajstić information content (AvgIpc) is 3.15. The van der Waals surface area contributed by atoms with Crippen LogP contribution in [0.1, 0.15) is 72.0 Å². The Labute approximate surface area is 171 Å². The molecule has 5 heteroatoms. The normalized spacial score (nSPS) is 16.2. The third-order valence-electron chi connectivity index (χ3n) is 5.41. The lowest BCUT2D eigenvalue weighted by atomic mass is 9.94. The van der Waals surface area contributed by atoms with Crippen LogP contribution in [0, 0.1) is 0 Å². The van der Waals surface area contributed by atoms with Crippen LogP contribution in [0.2, 0.25) is 0 Å². The Bertz CT molecular complexity index is 796. The number of aromatic carboxylic acids is 1. The summed E-state index contributed by atoms with van der Waals surface area (Å²) in [5, 5.41) is 9.01. The second-order valence-corrected chi connectivity index (χ2v) is 8.73. The van der Waals surface area contributed by atoms with Gasteiger partial charge in [0, 0.05) is 23.0 Å². The Morgan fingerprint density at radius 3 is 2.50 bits per heavy atom. The number of anilines is 1. The molecule has 2 heterocycles. The predicted molar refractivity (Wildman–Crippen MR) is 114 cm³/mol. The minimum Gasteiger partial charge on any atom is -0.477 e. The van der Waals surface area contributed by atoms with Crippen molar-refractivity contribution in [3.63, 3.8) is 0 Å². The van der Waals surface area contributed by atoms with Gasteiger partial charge >= 0.3 is 5.97 Å². The summed E-state index contributed by atoms with van der Waals surface area (Å²) in [7, 11) is 0. The van der Waals surface area contributed by atoms with Gasteiger partial charge in [0.15, 0.2) is 0 Å². The molecule has 0 bridgehead atoms. The zero-order valence-electron chi connectivity index (χ0n) is 16.5. The van der Waals surface area contributed by atoms with Crippen molar-refractivity contribution < 1.29 is 14.7 Å². The number of amides is 1. The zero-order valence-corrected chi connectivity index (χ0v) is 17.3. The summed E-state index contributed by atoms with van der Waals surface area (Å²) in [5.41, 5.74) is 2.35. The number of unbranched alkanes of at least 4 members (excludes halogenated alkanes) is 3. The van der Waals surface area contributed by atoms with E-state index in [1.807, 2.05) is 11.0 Å². The van der Waals surface area contributed by atoms with Crippen molar-refractivity contribution in [1.29, 1.82) is 0 Å². The van der Waals surface area contributed by atoms with Crippen LogP contribution in [0.15, 0.2) is 36.4 Å². The third-order valence-corrected chi connectivity index (χ3v) is 6.54. The molecule has 1 aliphatic heterocycles. The summed E-state index contributed by atoms with van der Waals surface area (Å²) < 4.78 is 0. The van der Waals surface area contributed by atoms with Gasteiger partial charge in [-0.2, -0.15) is 0 Å². The van der Waals surface area contributed by atoms with Gasteiger partial charge in [-0.3, -0.25) is 4.79 Å². The first-order valence-electron chi connectivity index (χ1n) is 10.3. The minimum absolute atomic E-state index is 0.199. The van der Waals surface area contributed by atoms with Crippen LogP contribution in [0.5, 0.6) is 0 Å². The maximum Gasteiger partial charge on any atom is 0.345 e. The first-order valence-corrected chi connectivity index (χ1v) is 11.1. The summed E-state index contributed by atoms with van der Waals surface area (Å²) in [5.74, 6) is -0.661. The molecule has 0 aliphatic carbocycles. The van der Waals surface area contributed by atoms with Crippen LogP contribution in [0.25, 0.3) is 0 Å². The second kappa shape index (κ2) is 9.87. The molecule has 1 aromatic carbocycles. The Morgan fingerprint density at radius 2 is 1.86 bits per heavy atom. The van der Waals surface area contributed by atoms with Crippen LogP contribution in [0.3, 0.4) is 0 Å². The van der Waals surface area contributed by atoms with Gasteiger partial charge in [0.1, 0.15) is 4.88 Å². The number of carboxylic acids is 1. The fourth-order valence-corrected chi connectivity index (χ4v) is 4.67. The molecule has 1 saturated heterocycles. The van der Waals surface area contributed by atoms with Gasteiger partial charge < -0.3 is 10.0 Å². The quantitative estimate of drug-likeness (QED) is 0.390. The number of benzene rings is 1. The van der Waals surface area contributed by atoms with Crippen molar-refractivity contribution in [2.75, 3.05) is 4.90 Å². The monoisotopic (exact) mass is 399 g/mol. The molecule has 0 spiro atoms. The molecule has 2 aromatic rings. The van der Waals surface area contributed by atoms with Crippen LogP contribution < -0.4 is 4.90 Å². The lowest BCUT2D eigenvalue weighted by molar-refractivity contribution is -0.124. The highest BCUT2D eigenvalue weighted by molar-refractivity contribution is 7.13. The molecule has 0 radical (unpaired) electrons. The van der Waals surface area contributed by atoms with Crippen LogP contribution in [-0.2, 0) is 17.6 Å². The number of carboxylic acid groups (broad SMARTS) is 1. The van der Waals surface area contributed by atoms with E-state index in [1.165, 1.54) is 42.6 Å². The number of hydrogen-bond acceptors (Lipinski definition) is 3. The van der Waals surface area contributed by atoms with Gasteiger partial charge in [0.25, 0.3) is 0 Å². The number of β-lactam (4-membered cyclic amide) rings is 1. The first kappa shape index (κ1) is 20.6. The van der Waals surface area contributed by atoms with Crippen molar-refractivity contribution >= 4 is 28.9 Å². The molecule has 0 unspecified atom stereocenters. The molecule has 28 heavy (non-hydrogen) atoms. The first-order chi connectivity index (χ1) is 13.6. The van der Waals surface area contributed by atoms with E-state index in [0.29, 0.717) is 11.3 Å². The van der Waals surface area contributed by atoms with Crippen molar-refractivity contribution in [2.24, 2.45) is 0 Å². The van der Waals surface area contributed by atoms with Crippen molar-refractivity contribution in [1.82, 2.24) is 0 Å². The number of rotatable bonds is 11. The van der Waals surface area contributed by atoms with Gasteiger partial charge in [0.05, 0.1) is 0 Å². The lowest BCUT2D eigenvalue weighted by Gasteiger charge is -2.40. The smallest absolute Gasteiger partial charge is 0.345 e. The Kier molecular flexibility index (Phi) is 7.26. The number of thiophene rings is 1. The molecular weight excluding hydrogens is 370 g/mol. The van der Waals surface area contributed by atoms with E-state index in [2.05, 4.69) is 31.2 Å². The number of aryl methyl sites for hydroxylation is 2. The summed E-state index contributed by atoms with van der Waals surface area (Å²) in [6, 6.07) is 12.3. The number of carbonyl (C=O) groups excluding carboxylic acids is 1. The fourth-order valence-electron chi connectivity index (χ4n) is 3.79. The van der Waals surface area contributed by atoms with E-state index in [0.717, 1.165) is 36.2 Å². The maximum absolute atomic E-state index is 12.1. The fraction of sp³-hybridized carbons (Fsp3) is 0.478. The molecule has 0 saturated carbocycles. The lowest BCUT2D eigenvalue weighted by Crippen LogP contribution is -2.52. The third kappa shape index (κ3) is 5.22. The molecule has 1 amide bonds. The van der Waals surface area contributed by atoms with E-state index in [1.54, 1.807) is 6.07 Å². The van der Waals surface area contributed by atoms with E-state index >= 15 is 0 Å². The van der Waals surface area contributed by atoms with Gasteiger partial charge in [0.2, 0.25) is 5.91 Å². The zero-order chi connectivity index (χ0) is 19.9. The second-order valence-electron chi connectivity index (χ2n) is 7.56. The number of carbonyl (C=O) groups is 2. The maximum atomic E-state index is 12.1. The van der Waals surface area contributed by atoms with Gasteiger partial charge in [-0.15, -0.1) is 11.3 Å². The summed E-state index contributed by atoms with van der Waals surface area (Å²) in [6.45, 7) is 2.23. The van der Waals surface area contributed by atoms with Crippen molar-refractivity contribution in [3.05, 3.63) is 51.7 Å². The largest absolute Gasteiger partial charge is 0.477 e. The number of hydrogen-bond donors (Lipinski definition) is 1. The molecule has 150 valence electrons. The Balaban J connectivity index is 1.48. The highest BCUT2D eigenvalue weighted by atomic mass is 32.1. The molecule has 4 nitrogen and oxygen atoms in total. The van der Waals surface area contributed by atoms with E-state index in [-0.39, 0.29) is 11.9 Å². The van der Waals surface area contributed by atoms with Crippen molar-refractivity contribution in [3.8, 4) is 0 Å². The molecule has 1 N–H and O–H groups in total. The number of nitrogens with zero attached hydrogens (tertiary/aromatic N) is 1. The summed E-state index contributed by atoms with van der Waals surface area (Å²) >= 11 is 1.35. The highest BCUT2D eigenvalue weighted by Crippen LogP contribution is 2.31. The summed E-state index contributed by atoms with van der Waals surface area (Å²) in [6.07, 6.45) is 9.56. The van der Waals surface area contributed by atoms with E-state index < -0.39 is 5.97 Å².